The molecule has 2 rings (SSSR count). The first-order chi connectivity index (χ1) is 9.65. The molecule has 0 saturated heterocycles. The summed E-state index contributed by atoms with van der Waals surface area (Å²) < 4.78 is 4.09. The Labute approximate surface area is 124 Å². The van der Waals surface area contributed by atoms with Crippen LogP contribution in [0.25, 0.3) is 0 Å². The number of hydrogen-bond acceptors (Lipinski definition) is 5. The molecule has 0 atom stereocenters. The zero-order valence-electron chi connectivity index (χ0n) is 12.2. The van der Waals surface area contributed by atoms with Gasteiger partial charge in [0, 0.05) is 13.1 Å². The second kappa shape index (κ2) is 6.92. The Morgan fingerprint density at radius 3 is 2.70 bits per heavy atom. The van der Waals surface area contributed by atoms with Gasteiger partial charge in [-0.25, -0.2) is 0 Å². The summed E-state index contributed by atoms with van der Waals surface area (Å²) in [6.45, 7) is 2.25. The molecule has 0 bridgehead atoms. The summed E-state index contributed by atoms with van der Waals surface area (Å²) in [4.78, 5) is 11.8. The second-order valence-electron chi connectivity index (χ2n) is 5.50. The molecule has 0 aromatic carbocycles. The Kier molecular flexibility index (Phi) is 5.23. The summed E-state index contributed by atoms with van der Waals surface area (Å²) in [5.41, 5.74) is 6.28. The predicted molar refractivity (Wildman–Crippen MR) is 84.2 cm³/mol. The van der Waals surface area contributed by atoms with E-state index in [0.717, 1.165) is 23.8 Å². The van der Waals surface area contributed by atoms with Crippen molar-refractivity contribution >= 4 is 28.3 Å². The molecule has 1 heterocycles. The van der Waals surface area contributed by atoms with Gasteiger partial charge in [0.25, 0.3) is 5.91 Å². The Morgan fingerprint density at radius 1 is 1.40 bits per heavy atom. The van der Waals surface area contributed by atoms with Crippen molar-refractivity contribution in [2.45, 2.75) is 51.5 Å². The molecular weight excluding hydrogens is 272 g/mol. The van der Waals surface area contributed by atoms with Crippen LogP contribution in [0.15, 0.2) is 0 Å². The zero-order valence-corrected chi connectivity index (χ0v) is 13.1. The molecule has 0 spiro atoms. The van der Waals surface area contributed by atoms with Gasteiger partial charge in [0.2, 0.25) is 0 Å². The molecule has 1 saturated carbocycles. The lowest BCUT2D eigenvalue weighted by Gasteiger charge is -2.29. The number of anilines is 2. The fraction of sp³-hybridized carbons (Fsp3) is 0.714. The summed E-state index contributed by atoms with van der Waals surface area (Å²) in [5, 5.41) is 6.89. The van der Waals surface area contributed by atoms with Crippen LogP contribution in [0.5, 0.6) is 0 Å². The van der Waals surface area contributed by atoms with E-state index >= 15 is 0 Å². The van der Waals surface area contributed by atoms with Crippen LogP contribution in [0.1, 0.15) is 55.8 Å². The van der Waals surface area contributed by atoms with Crippen LogP contribution >= 0.6 is 11.5 Å². The van der Waals surface area contributed by atoms with Crippen molar-refractivity contribution in [2.75, 3.05) is 18.1 Å². The quantitative estimate of drug-likeness (QED) is 0.780. The Morgan fingerprint density at radius 2 is 2.10 bits per heavy atom. The number of rotatable bonds is 5. The molecule has 20 heavy (non-hydrogen) atoms. The predicted octanol–water partition coefficient (Wildman–Crippen LogP) is 2.86. The van der Waals surface area contributed by atoms with Crippen molar-refractivity contribution in [2.24, 2.45) is 5.92 Å². The van der Waals surface area contributed by atoms with Crippen LogP contribution in [0, 0.1) is 5.92 Å². The van der Waals surface area contributed by atoms with Crippen molar-refractivity contribution in [3.63, 3.8) is 0 Å². The largest absolute Gasteiger partial charge is 0.382 e. The summed E-state index contributed by atoms with van der Waals surface area (Å²) in [5.74, 6) is 1.03. The van der Waals surface area contributed by atoms with Crippen LogP contribution in [0.4, 0.5) is 10.8 Å². The molecule has 5 nitrogen and oxygen atoms in total. The number of hydrogen-bond donors (Lipinski definition) is 3. The van der Waals surface area contributed by atoms with Crippen molar-refractivity contribution < 1.29 is 4.79 Å². The molecule has 4 N–H and O–H groups in total. The Bertz CT molecular complexity index is 452. The summed E-state index contributed by atoms with van der Waals surface area (Å²) in [6, 6.07) is 0.436. The Balaban J connectivity index is 1.96. The first-order valence-electron chi connectivity index (χ1n) is 7.39. The third-order valence-electron chi connectivity index (χ3n) is 4.05. The van der Waals surface area contributed by atoms with Crippen LogP contribution in [0.2, 0.25) is 0 Å². The lowest BCUT2D eigenvalue weighted by atomic mass is 9.83. The third kappa shape index (κ3) is 3.42. The molecule has 6 heteroatoms. The topological polar surface area (TPSA) is 80.0 Å². The standard InChI is InChI=1S/C14H24N4OS/c1-3-4-9-5-7-10(8-6-9)17-14-11(13(19)16-2)12(15)18-20-14/h9-10,17H,3-8H2,1-2H3,(H2,15,18)(H,16,19). The zero-order chi connectivity index (χ0) is 14.5. The molecule has 0 unspecified atom stereocenters. The summed E-state index contributed by atoms with van der Waals surface area (Å²) >= 11 is 1.28. The molecule has 1 fully saturated rings. The lowest BCUT2D eigenvalue weighted by molar-refractivity contribution is 0.0965. The van der Waals surface area contributed by atoms with Gasteiger partial charge in [0.15, 0.2) is 5.82 Å². The number of nitrogens with two attached hydrogens (primary N) is 1. The molecule has 1 aromatic heterocycles. The molecule has 112 valence electrons. The third-order valence-corrected chi connectivity index (χ3v) is 4.84. The van der Waals surface area contributed by atoms with Crippen molar-refractivity contribution in [3.8, 4) is 0 Å². The highest BCUT2D eigenvalue weighted by molar-refractivity contribution is 7.11. The molecular formula is C14H24N4OS. The molecule has 1 aromatic rings. The van der Waals surface area contributed by atoms with Gasteiger partial charge in [-0.2, -0.15) is 4.37 Å². The van der Waals surface area contributed by atoms with E-state index in [1.807, 2.05) is 0 Å². The van der Waals surface area contributed by atoms with Crippen LogP contribution in [0.3, 0.4) is 0 Å². The van der Waals surface area contributed by atoms with E-state index in [9.17, 15) is 4.79 Å². The maximum Gasteiger partial charge on any atom is 0.257 e. The first kappa shape index (κ1) is 15.1. The van der Waals surface area contributed by atoms with Crippen LogP contribution in [-0.4, -0.2) is 23.4 Å². The highest BCUT2D eigenvalue weighted by atomic mass is 32.1. The van der Waals surface area contributed by atoms with E-state index in [4.69, 9.17) is 5.73 Å². The van der Waals surface area contributed by atoms with Gasteiger partial charge in [-0.1, -0.05) is 19.8 Å². The van der Waals surface area contributed by atoms with Gasteiger partial charge in [-0.3, -0.25) is 4.79 Å². The van der Waals surface area contributed by atoms with Gasteiger partial charge in [0.05, 0.1) is 0 Å². The van der Waals surface area contributed by atoms with Crippen molar-refractivity contribution in [3.05, 3.63) is 5.56 Å². The number of amides is 1. The molecule has 0 aliphatic heterocycles. The number of carbonyl (C=O) groups is 1. The molecule has 0 radical (unpaired) electrons. The van der Waals surface area contributed by atoms with E-state index in [1.165, 1.54) is 37.2 Å². The van der Waals surface area contributed by atoms with Crippen LogP contribution in [-0.2, 0) is 0 Å². The fourth-order valence-corrected chi connectivity index (χ4v) is 3.72. The number of carbonyl (C=O) groups excluding carboxylic acids is 1. The summed E-state index contributed by atoms with van der Waals surface area (Å²) in [6.07, 6.45) is 7.48. The second-order valence-corrected chi connectivity index (χ2v) is 6.28. The van der Waals surface area contributed by atoms with Gasteiger partial charge in [-0.05, 0) is 43.1 Å². The van der Waals surface area contributed by atoms with Gasteiger partial charge in [0.1, 0.15) is 10.6 Å². The van der Waals surface area contributed by atoms with E-state index < -0.39 is 0 Å². The van der Waals surface area contributed by atoms with Gasteiger partial charge in [-0.15, -0.1) is 0 Å². The maximum atomic E-state index is 11.8. The number of nitrogen functional groups attached to an aromatic ring is 1. The Hall–Kier alpha value is -1.30. The minimum atomic E-state index is -0.168. The average molecular weight is 296 g/mol. The monoisotopic (exact) mass is 296 g/mol. The number of nitrogens with zero attached hydrogens (tertiary/aromatic N) is 1. The van der Waals surface area contributed by atoms with Crippen molar-refractivity contribution in [1.82, 2.24) is 9.69 Å². The van der Waals surface area contributed by atoms with E-state index in [-0.39, 0.29) is 5.91 Å². The minimum Gasteiger partial charge on any atom is -0.382 e. The van der Waals surface area contributed by atoms with Crippen molar-refractivity contribution in [1.29, 1.82) is 0 Å². The lowest BCUT2D eigenvalue weighted by Crippen LogP contribution is -2.27. The highest BCUT2D eigenvalue weighted by Gasteiger charge is 2.24. The normalized spacial score (nSPS) is 22.5. The van der Waals surface area contributed by atoms with E-state index in [0.29, 0.717) is 17.4 Å². The minimum absolute atomic E-state index is 0.168. The van der Waals surface area contributed by atoms with E-state index in [2.05, 4.69) is 21.9 Å². The van der Waals surface area contributed by atoms with Gasteiger partial charge < -0.3 is 16.4 Å². The van der Waals surface area contributed by atoms with Crippen LogP contribution < -0.4 is 16.4 Å². The smallest absolute Gasteiger partial charge is 0.257 e. The van der Waals surface area contributed by atoms with Gasteiger partial charge >= 0.3 is 0 Å². The average Bonchev–Trinajstić information content (AvgIpc) is 2.81. The summed E-state index contributed by atoms with van der Waals surface area (Å²) in [7, 11) is 1.61. The molecule has 1 amide bonds. The molecule has 1 aliphatic rings. The maximum absolute atomic E-state index is 11.8. The number of aromatic nitrogens is 1. The molecule has 1 aliphatic carbocycles. The first-order valence-corrected chi connectivity index (χ1v) is 8.16. The fourth-order valence-electron chi connectivity index (χ4n) is 2.93. The highest BCUT2D eigenvalue weighted by Crippen LogP contribution is 2.33. The number of nitrogens with one attached hydrogen (secondary N) is 2. The SMILES string of the molecule is CCCC1CCC(Nc2snc(N)c2C(=O)NC)CC1. The van der Waals surface area contributed by atoms with E-state index in [1.54, 1.807) is 7.05 Å².